The molecule has 0 aliphatic rings. The van der Waals surface area contributed by atoms with Crippen LogP contribution in [0.4, 0.5) is 13.2 Å². The summed E-state index contributed by atoms with van der Waals surface area (Å²) in [5.41, 5.74) is 0.209. The Hall–Kier alpha value is -3.35. The molecule has 0 saturated carbocycles. The fourth-order valence-corrected chi connectivity index (χ4v) is 3.00. The average Bonchev–Trinajstić information content (AvgIpc) is 2.70. The van der Waals surface area contributed by atoms with E-state index < -0.39 is 29.8 Å². The van der Waals surface area contributed by atoms with Gasteiger partial charge in [0.15, 0.2) is 0 Å². The summed E-state index contributed by atoms with van der Waals surface area (Å²) in [6.45, 7) is -0.499. The van der Waals surface area contributed by atoms with Gasteiger partial charge in [-0.3, -0.25) is 9.59 Å². The molecule has 2 aromatic carbocycles. The number of hydrogen-bond donors (Lipinski definition) is 1. The summed E-state index contributed by atoms with van der Waals surface area (Å²) in [6.07, 6.45) is -3.42. The van der Waals surface area contributed by atoms with Gasteiger partial charge >= 0.3 is 6.18 Å². The van der Waals surface area contributed by atoms with Crippen molar-refractivity contribution in [2.45, 2.75) is 25.2 Å². The van der Waals surface area contributed by atoms with Gasteiger partial charge < -0.3 is 9.88 Å². The Morgan fingerprint density at radius 3 is 2.17 bits per heavy atom. The first-order chi connectivity index (χ1) is 13.8. The highest BCUT2D eigenvalue weighted by molar-refractivity contribution is 5.76. The van der Waals surface area contributed by atoms with E-state index in [0.29, 0.717) is 18.7 Å². The minimum absolute atomic E-state index is 0.382. The van der Waals surface area contributed by atoms with Crippen LogP contribution in [0.25, 0.3) is 0 Å². The molecular weight excluding hydrogens is 381 g/mol. The lowest BCUT2D eigenvalue weighted by Crippen LogP contribution is -2.35. The van der Waals surface area contributed by atoms with Crippen LogP contribution in [0.5, 0.6) is 0 Å². The molecule has 4 nitrogen and oxygen atoms in total. The maximum absolute atomic E-state index is 12.9. The van der Waals surface area contributed by atoms with E-state index in [1.807, 2.05) is 60.7 Å². The van der Waals surface area contributed by atoms with Crippen LogP contribution in [0, 0.1) is 0 Å². The monoisotopic (exact) mass is 400 g/mol. The van der Waals surface area contributed by atoms with Crippen LogP contribution in [0.2, 0.25) is 0 Å². The lowest BCUT2D eigenvalue weighted by Gasteiger charge is -2.20. The predicted molar refractivity (Wildman–Crippen MR) is 103 cm³/mol. The molecule has 0 spiro atoms. The number of nitrogens with zero attached hydrogens (tertiary/aromatic N) is 1. The number of carbonyl (C=O) groups excluding carboxylic acids is 1. The topological polar surface area (TPSA) is 51.1 Å². The number of pyridine rings is 1. The van der Waals surface area contributed by atoms with Gasteiger partial charge in [0, 0.05) is 12.3 Å². The number of carbonyl (C=O) groups is 1. The Kier molecular flexibility index (Phi) is 6.16. The van der Waals surface area contributed by atoms with Crippen molar-refractivity contribution in [2.24, 2.45) is 0 Å². The zero-order valence-electron chi connectivity index (χ0n) is 15.4. The third-order valence-electron chi connectivity index (χ3n) is 4.44. The first-order valence-corrected chi connectivity index (χ1v) is 8.99. The molecule has 0 saturated heterocycles. The van der Waals surface area contributed by atoms with Gasteiger partial charge in [0.05, 0.1) is 11.6 Å². The maximum atomic E-state index is 12.9. The molecule has 1 unspecified atom stereocenters. The normalized spacial score (nSPS) is 12.4. The molecule has 7 heteroatoms. The Bertz CT molecular complexity index is 1020. The average molecular weight is 400 g/mol. The second-order valence-corrected chi connectivity index (χ2v) is 6.60. The van der Waals surface area contributed by atoms with Crippen molar-refractivity contribution in [1.82, 2.24) is 9.88 Å². The van der Waals surface area contributed by atoms with Crippen molar-refractivity contribution in [2.75, 3.05) is 0 Å². The van der Waals surface area contributed by atoms with Crippen molar-refractivity contribution in [3.63, 3.8) is 0 Å². The van der Waals surface area contributed by atoms with E-state index in [9.17, 15) is 22.8 Å². The number of alkyl halides is 3. The molecule has 3 aromatic rings. The number of amides is 1. The Morgan fingerprint density at radius 2 is 1.55 bits per heavy atom. The van der Waals surface area contributed by atoms with Crippen LogP contribution < -0.4 is 10.9 Å². The van der Waals surface area contributed by atoms with Gasteiger partial charge in [-0.15, -0.1) is 0 Å². The van der Waals surface area contributed by atoms with Crippen LogP contribution in [0.1, 0.15) is 22.7 Å². The highest BCUT2D eigenvalue weighted by Gasteiger charge is 2.31. The molecule has 3 rings (SSSR count). The van der Waals surface area contributed by atoms with Crippen molar-refractivity contribution in [1.29, 1.82) is 0 Å². The van der Waals surface area contributed by atoms with Gasteiger partial charge in [0.1, 0.15) is 6.54 Å². The predicted octanol–water partition coefficient (Wildman–Crippen LogP) is 3.97. The first-order valence-electron chi connectivity index (χ1n) is 8.99. The Labute approximate surface area is 165 Å². The second kappa shape index (κ2) is 8.77. The SMILES string of the molecule is O=C(Cn1cc(C(F)(F)F)ccc1=O)NC(Cc1ccccc1)c1ccccc1. The van der Waals surface area contributed by atoms with E-state index in [0.717, 1.165) is 21.8 Å². The van der Waals surface area contributed by atoms with Crippen molar-refractivity contribution >= 4 is 5.91 Å². The molecule has 1 amide bonds. The zero-order valence-corrected chi connectivity index (χ0v) is 15.4. The van der Waals surface area contributed by atoms with E-state index >= 15 is 0 Å². The van der Waals surface area contributed by atoms with Crippen LogP contribution in [0.3, 0.4) is 0 Å². The van der Waals surface area contributed by atoms with E-state index in [4.69, 9.17) is 0 Å². The molecule has 0 aliphatic carbocycles. The molecule has 29 heavy (non-hydrogen) atoms. The second-order valence-electron chi connectivity index (χ2n) is 6.60. The molecule has 0 bridgehead atoms. The van der Waals surface area contributed by atoms with Gasteiger partial charge in [-0.25, -0.2) is 0 Å². The number of nitrogens with one attached hydrogen (secondary N) is 1. The third-order valence-corrected chi connectivity index (χ3v) is 4.44. The molecule has 0 radical (unpaired) electrons. The van der Waals surface area contributed by atoms with E-state index in [1.54, 1.807) is 0 Å². The van der Waals surface area contributed by atoms with E-state index in [-0.39, 0.29) is 6.04 Å². The summed E-state index contributed by atoms with van der Waals surface area (Å²) in [6, 6.07) is 19.9. The quantitative estimate of drug-likeness (QED) is 0.681. The number of hydrogen-bond acceptors (Lipinski definition) is 2. The highest BCUT2D eigenvalue weighted by Crippen LogP contribution is 2.28. The van der Waals surface area contributed by atoms with Crippen molar-refractivity contribution < 1.29 is 18.0 Å². The summed E-state index contributed by atoms with van der Waals surface area (Å²) in [4.78, 5) is 24.4. The van der Waals surface area contributed by atoms with Crippen LogP contribution >= 0.6 is 0 Å². The lowest BCUT2D eigenvalue weighted by atomic mass is 9.99. The fourth-order valence-electron chi connectivity index (χ4n) is 3.00. The molecule has 1 atom stereocenters. The molecule has 0 aliphatic heterocycles. The first kappa shape index (κ1) is 20.4. The molecule has 1 N–H and O–H groups in total. The zero-order chi connectivity index (χ0) is 20.9. The van der Waals surface area contributed by atoms with Gasteiger partial charge in [-0.2, -0.15) is 13.2 Å². The van der Waals surface area contributed by atoms with Crippen molar-refractivity contribution in [3.05, 3.63) is 106 Å². The Morgan fingerprint density at radius 1 is 0.931 bits per heavy atom. The van der Waals surface area contributed by atoms with E-state index in [2.05, 4.69) is 5.32 Å². The van der Waals surface area contributed by atoms with E-state index in [1.165, 1.54) is 0 Å². The number of aromatic nitrogens is 1. The Balaban J connectivity index is 1.79. The number of benzene rings is 2. The largest absolute Gasteiger partial charge is 0.417 e. The molecule has 1 heterocycles. The summed E-state index contributed by atoms with van der Waals surface area (Å²) >= 11 is 0. The van der Waals surface area contributed by atoms with Gasteiger partial charge in [-0.05, 0) is 23.6 Å². The minimum Gasteiger partial charge on any atom is -0.347 e. The minimum atomic E-state index is -4.59. The van der Waals surface area contributed by atoms with Gasteiger partial charge in [0.2, 0.25) is 5.91 Å². The van der Waals surface area contributed by atoms with Crippen LogP contribution in [-0.2, 0) is 23.9 Å². The molecule has 1 aromatic heterocycles. The lowest BCUT2D eigenvalue weighted by molar-refractivity contribution is -0.138. The summed E-state index contributed by atoms with van der Waals surface area (Å²) in [7, 11) is 0. The number of rotatable bonds is 6. The maximum Gasteiger partial charge on any atom is 0.417 e. The summed E-state index contributed by atoms with van der Waals surface area (Å²) < 4.78 is 39.5. The standard InChI is InChI=1S/C22H19F3N2O2/c23-22(24,25)18-11-12-21(29)27(14-18)15-20(28)26-19(17-9-5-2-6-10-17)13-16-7-3-1-4-8-16/h1-12,14,19H,13,15H2,(H,26,28). The van der Waals surface area contributed by atoms with Gasteiger partial charge in [-0.1, -0.05) is 60.7 Å². The van der Waals surface area contributed by atoms with Crippen molar-refractivity contribution in [3.8, 4) is 0 Å². The van der Waals surface area contributed by atoms with Crippen LogP contribution in [-0.4, -0.2) is 10.5 Å². The number of halogens is 3. The smallest absolute Gasteiger partial charge is 0.347 e. The highest BCUT2D eigenvalue weighted by atomic mass is 19.4. The molecule has 0 fully saturated rings. The summed E-state index contributed by atoms with van der Waals surface area (Å²) in [5, 5.41) is 2.84. The third kappa shape index (κ3) is 5.57. The molecular formula is C22H19F3N2O2. The van der Waals surface area contributed by atoms with Gasteiger partial charge in [0.25, 0.3) is 5.56 Å². The fraction of sp³-hybridized carbons (Fsp3) is 0.182. The van der Waals surface area contributed by atoms with Crippen LogP contribution in [0.15, 0.2) is 83.8 Å². The molecule has 150 valence electrons. The summed E-state index contributed by atoms with van der Waals surface area (Å²) in [5.74, 6) is -0.545.